The highest BCUT2D eigenvalue weighted by atomic mass is 16.2. The fourth-order valence-electron chi connectivity index (χ4n) is 2.56. The van der Waals surface area contributed by atoms with Crippen molar-refractivity contribution in [2.24, 2.45) is 11.7 Å². The Kier molecular flexibility index (Phi) is 6.92. The minimum atomic E-state index is -0.378. The van der Waals surface area contributed by atoms with Crippen molar-refractivity contribution in [3.05, 3.63) is 0 Å². The molecule has 1 atom stereocenters. The molecule has 5 nitrogen and oxygen atoms in total. The molecule has 1 fully saturated rings. The van der Waals surface area contributed by atoms with E-state index >= 15 is 0 Å². The fourth-order valence-corrected chi connectivity index (χ4v) is 2.56. The number of rotatable bonds is 6. The molecule has 0 aromatic carbocycles. The van der Waals surface area contributed by atoms with E-state index in [0.717, 1.165) is 39.0 Å². The summed E-state index contributed by atoms with van der Waals surface area (Å²) in [6.07, 6.45) is 2.11. The van der Waals surface area contributed by atoms with E-state index in [1.165, 1.54) is 0 Å². The first-order valence-electron chi connectivity index (χ1n) is 7.72. The molecule has 2 N–H and O–H groups in total. The molecule has 1 amide bonds. The van der Waals surface area contributed by atoms with Crippen molar-refractivity contribution in [3.63, 3.8) is 0 Å². The molecular formula is C15H32N4O. The molecule has 1 heterocycles. The van der Waals surface area contributed by atoms with Crippen molar-refractivity contribution in [1.82, 2.24) is 14.7 Å². The number of carbonyl (C=O) groups excluding carboxylic acids is 1. The maximum Gasteiger partial charge on any atom is 0.240 e. The van der Waals surface area contributed by atoms with E-state index in [0.29, 0.717) is 6.04 Å². The number of hydrogen-bond acceptors (Lipinski definition) is 4. The first-order valence-corrected chi connectivity index (χ1v) is 7.72. The van der Waals surface area contributed by atoms with Gasteiger partial charge in [0.1, 0.15) is 0 Å². The van der Waals surface area contributed by atoms with Crippen molar-refractivity contribution >= 4 is 5.91 Å². The second kappa shape index (κ2) is 7.96. The number of carbonyl (C=O) groups is 1. The molecule has 0 aliphatic carbocycles. The summed E-state index contributed by atoms with van der Waals surface area (Å²) in [6.45, 7) is 7.83. The number of likely N-dealkylation sites (N-methyl/N-ethyl adjacent to an activating group) is 1. The largest absolute Gasteiger partial charge is 0.337 e. The Bertz CT molecular complexity index is 298. The Labute approximate surface area is 124 Å². The molecule has 5 heteroatoms. The molecule has 0 unspecified atom stereocenters. The second-order valence-electron chi connectivity index (χ2n) is 6.64. The molecule has 0 bridgehead atoms. The molecule has 0 aromatic heterocycles. The van der Waals surface area contributed by atoms with Crippen molar-refractivity contribution in [3.8, 4) is 0 Å². The lowest BCUT2D eigenvalue weighted by Crippen LogP contribution is -2.54. The predicted octanol–water partition coefficient (Wildman–Crippen LogP) is 0.454. The molecule has 0 aromatic rings. The van der Waals surface area contributed by atoms with Crippen LogP contribution in [0.15, 0.2) is 0 Å². The van der Waals surface area contributed by atoms with Gasteiger partial charge in [-0.05, 0) is 53.0 Å². The fraction of sp³-hybridized carbons (Fsp3) is 0.933. The quantitative estimate of drug-likeness (QED) is 0.770. The molecule has 1 aliphatic heterocycles. The summed E-state index contributed by atoms with van der Waals surface area (Å²) in [5.74, 6) is 0.312. The lowest BCUT2D eigenvalue weighted by Gasteiger charge is -2.39. The first kappa shape index (κ1) is 17.4. The lowest BCUT2D eigenvalue weighted by atomic mass is 9.99. The molecular weight excluding hydrogens is 252 g/mol. The van der Waals surface area contributed by atoms with E-state index in [1.807, 2.05) is 32.8 Å². The van der Waals surface area contributed by atoms with Crippen molar-refractivity contribution in [2.45, 2.75) is 38.8 Å². The van der Waals surface area contributed by atoms with Gasteiger partial charge in [-0.2, -0.15) is 0 Å². The van der Waals surface area contributed by atoms with Crippen LogP contribution in [0.1, 0.15) is 26.7 Å². The van der Waals surface area contributed by atoms with Gasteiger partial charge < -0.3 is 20.4 Å². The topological polar surface area (TPSA) is 52.8 Å². The van der Waals surface area contributed by atoms with Gasteiger partial charge in [0.15, 0.2) is 0 Å². The molecule has 0 radical (unpaired) electrons. The van der Waals surface area contributed by atoms with Gasteiger partial charge in [0.25, 0.3) is 0 Å². The minimum Gasteiger partial charge on any atom is -0.337 e. The molecule has 0 saturated carbocycles. The third-order valence-electron chi connectivity index (χ3n) is 4.20. The van der Waals surface area contributed by atoms with Crippen LogP contribution < -0.4 is 5.73 Å². The maximum atomic E-state index is 12.6. The average molecular weight is 284 g/mol. The maximum absolute atomic E-state index is 12.6. The normalized spacial score (nSPS) is 19.6. The summed E-state index contributed by atoms with van der Waals surface area (Å²) in [7, 11) is 6.22. The third-order valence-corrected chi connectivity index (χ3v) is 4.20. The highest BCUT2D eigenvalue weighted by molar-refractivity contribution is 5.82. The van der Waals surface area contributed by atoms with E-state index < -0.39 is 0 Å². The molecule has 20 heavy (non-hydrogen) atoms. The van der Waals surface area contributed by atoms with E-state index in [1.54, 1.807) is 0 Å². The standard InChI is InChI=1S/C15H32N4O/c1-12(2)14(16)15(20)19(11-10-17(3)4)13-6-8-18(5)9-7-13/h12-14H,6-11,16H2,1-5H3/t14-/m0/s1. The third kappa shape index (κ3) is 5.04. The predicted molar refractivity (Wildman–Crippen MR) is 83.6 cm³/mol. The number of nitrogens with zero attached hydrogens (tertiary/aromatic N) is 3. The molecule has 1 aliphatic rings. The summed E-state index contributed by atoms with van der Waals surface area (Å²) in [4.78, 5) is 19.1. The second-order valence-corrected chi connectivity index (χ2v) is 6.64. The molecule has 1 saturated heterocycles. The van der Waals surface area contributed by atoms with Gasteiger partial charge in [-0.25, -0.2) is 0 Å². The Balaban J connectivity index is 2.71. The summed E-state index contributed by atoms with van der Waals surface area (Å²) < 4.78 is 0. The Hall–Kier alpha value is -0.650. The molecule has 1 rings (SSSR count). The zero-order valence-electron chi connectivity index (χ0n) is 13.8. The van der Waals surface area contributed by atoms with Gasteiger partial charge in [-0.15, -0.1) is 0 Å². The van der Waals surface area contributed by atoms with Crippen LogP contribution in [0.2, 0.25) is 0 Å². The van der Waals surface area contributed by atoms with Crippen molar-refractivity contribution in [1.29, 1.82) is 0 Å². The van der Waals surface area contributed by atoms with Gasteiger partial charge in [0, 0.05) is 19.1 Å². The summed E-state index contributed by atoms with van der Waals surface area (Å²) in [6, 6.07) is -0.0275. The monoisotopic (exact) mass is 284 g/mol. The van der Waals surface area contributed by atoms with Gasteiger partial charge in [0.05, 0.1) is 6.04 Å². The van der Waals surface area contributed by atoms with E-state index in [2.05, 4.69) is 16.8 Å². The van der Waals surface area contributed by atoms with Crippen LogP contribution >= 0.6 is 0 Å². The first-order chi connectivity index (χ1) is 9.32. The average Bonchev–Trinajstić information content (AvgIpc) is 2.39. The zero-order chi connectivity index (χ0) is 15.3. The van der Waals surface area contributed by atoms with Crippen LogP contribution in [0.5, 0.6) is 0 Å². The summed E-state index contributed by atoms with van der Waals surface area (Å²) >= 11 is 0. The number of likely N-dealkylation sites (tertiary alicyclic amines) is 1. The number of piperidine rings is 1. The van der Waals surface area contributed by atoms with E-state index in [-0.39, 0.29) is 17.9 Å². The number of nitrogens with two attached hydrogens (primary N) is 1. The Morgan fingerprint density at radius 1 is 1.25 bits per heavy atom. The van der Waals surface area contributed by atoms with Gasteiger partial charge in [-0.1, -0.05) is 13.8 Å². The van der Waals surface area contributed by atoms with Crippen LogP contribution in [0.25, 0.3) is 0 Å². The van der Waals surface area contributed by atoms with Gasteiger partial charge in [-0.3, -0.25) is 4.79 Å². The smallest absolute Gasteiger partial charge is 0.240 e. The highest BCUT2D eigenvalue weighted by Gasteiger charge is 2.30. The van der Waals surface area contributed by atoms with Crippen LogP contribution in [0.3, 0.4) is 0 Å². The Morgan fingerprint density at radius 3 is 2.25 bits per heavy atom. The SMILES string of the molecule is CC(C)[C@H](N)C(=O)N(CCN(C)C)C1CCN(C)CC1. The van der Waals surface area contributed by atoms with E-state index in [4.69, 9.17) is 5.73 Å². The lowest BCUT2D eigenvalue weighted by molar-refractivity contribution is -0.137. The van der Waals surface area contributed by atoms with Crippen LogP contribution in [0.4, 0.5) is 0 Å². The van der Waals surface area contributed by atoms with Gasteiger partial charge >= 0.3 is 0 Å². The van der Waals surface area contributed by atoms with Crippen molar-refractivity contribution in [2.75, 3.05) is 47.3 Å². The molecule has 0 spiro atoms. The van der Waals surface area contributed by atoms with Crippen LogP contribution in [0, 0.1) is 5.92 Å². The highest BCUT2D eigenvalue weighted by Crippen LogP contribution is 2.17. The van der Waals surface area contributed by atoms with Crippen LogP contribution in [-0.4, -0.2) is 80.0 Å². The minimum absolute atomic E-state index is 0.122. The number of hydrogen-bond donors (Lipinski definition) is 1. The molecule has 118 valence electrons. The van der Waals surface area contributed by atoms with Gasteiger partial charge in [0.2, 0.25) is 5.91 Å². The van der Waals surface area contributed by atoms with Crippen molar-refractivity contribution < 1.29 is 4.79 Å². The zero-order valence-corrected chi connectivity index (χ0v) is 13.8. The summed E-state index contributed by atoms with van der Waals surface area (Å²) in [5, 5.41) is 0. The van der Waals surface area contributed by atoms with Crippen LogP contribution in [-0.2, 0) is 4.79 Å². The Morgan fingerprint density at radius 2 is 1.80 bits per heavy atom. The number of amides is 1. The van der Waals surface area contributed by atoms with E-state index in [9.17, 15) is 4.79 Å². The summed E-state index contributed by atoms with van der Waals surface area (Å²) in [5.41, 5.74) is 6.09.